The maximum absolute atomic E-state index is 11.0. The Morgan fingerprint density at radius 2 is 1.88 bits per heavy atom. The van der Waals surface area contributed by atoms with Gasteiger partial charge in [0, 0.05) is 12.7 Å². The number of hydrogen-bond acceptors (Lipinski definition) is 3. The first-order valence-corrected chi connectivity index (χ1v) is 6.36. The fraction of sp³-hybridized carbons (Fsp3) is 0.222. The molecule has 0 radical (unpaired) electrons. The number of nitrogens with one attached hydrogen (secondary N) is 3. The van der Waals surface area contributed by atoms with Crippen molar-refractivity contribution in [3.05, 3.63) is 24.3 Å². The number of amides is 2. The molecule has 0 spiro atoms. The molecule has 0 aromatic heterocycles. The fourth-order valence-corrected chi connectivity index (χ4v) is 1.62. The first-order chi connectivity index (χ1) is 7.40. The van der Waals surface area contributed by atoms with Crippen LogP contribution in [0.15, 0.2) is 24.3 Å². The first-order valence-electron chi connectivity index (χ1n) is 4.47. The summed E-state index contributed by atoms with van der Waals surface area (Å²) in [4.78, 5) is 11.0. The van der Waals surface area contributed by atoms with Gasteiger partial charge in [-0.3, -0.25) is 4.72 Å². The number of carbonyl (C=O) groups is 1. The number of anilines is 2. The number of carbonyl (C=O) groups excluding carboxylic acids is 1. The van der Waals surface area contributed by atoms with Crippen molar-refractivity contribution >= 4 is 27.4 Å². The number of sulfonamides is 1. The molecule has 1 aromatic carbocycles. The van der Waals surface area contributed by atoms with Gasteiger partial charge in [-0.2, -0.15) is 0 Å². The molecule has 1 rings (SSSR count). The summed E-state index contributed by atoms with van der Waals surface area (Å²) < 4.78 is 24.3. The van der Waals surface area contributed by atoms with Crippen LogP contribution in [0.1, 0.15) is 0 Å². The average molecular weight is 243 g/mol. The van der Waals surface area contributed by atoms with E-state index in [4.69, 9.17) is 0 Å². The molecule has 0 saturated carbocycles. The summed E-state index contributed by atoms with van der Waals surface area (Å²) in [6, 6.07) is 6.05. The van der Waals surface area contributed by atoms with E-state index in [1.165, 1.54) is 13.1 Å². The Bertz CT molecular complexity index is 485. The zero-order valence-corrected chi connectivity index (χ0v) is 9.76. The molecular formula is C9H13N3O3S. The van der Waals surface area contributed by atoms with Crippen LogP contribution in [-0.2, 0) is 10.0 Å². The zero-order valence-electron chi connectivity index (χ0n) is 8.94. The third kappa shape index (κ3) is 4.18. The smallest absolute Gasteiger partial charge is 0.318 e. The molecule has 0 bridgehead atoms. The highest BCUT2D eigenvalue weighted by Gasteiger charge is 2.03. The van der Waals surface area contributed by atoms with Gasteiger partial charge in [-0.1, -0.05) is 6.07 Å². The van der Waals surface area contributed by atoms with Crippen molar-refractivity contribution in [3.8, 4) is 0 Å². The van der Waals surface area contributed by atoms with Crippen molar-refractivity contribution in [3.63, 3.8) is 0 Å². The molecule has 2 amide bonds. The van der Waals surface area contributed by atoms with Crippen LogP contribution in [-0.4, -0.2) is 27.8 Å². The SMILES string of the molecule is CNC(=O)Nc1cccc(NS(C)(=O)=O)c1. The molecule has 7 heteroatoms. The summed E-state index contributed by atoms with van der Waals surface area (Å²) in [6.07, 6.45) is 1.06. The van der Waals surface area contributed by atoms with Crippen LogP contribution in [0, 0.1) is 0 Å². The molecule has 16 heavy (non-hydrogen) atoms. The van der Waals surface area contributed by atoms with Crippen LogP contribution < -0.4 is 15.4 Å². The van der Waals surface area contributed by atoms with Crippen molar-refractivity contribution in [2.24, 2.45) is 0 Å². The molecule has 3 N–H and O–H groups in total. The molecule has 0 aliphatic rings. The molecule has 0 aliphatic carbocycles. The quantitative estimate of drug-likeness (QED) is 0.734. The summed E-state index contributed by atoms with van der Waals surface area (Å²) in [5, 5.41) is 4.93. The molecular weight excluding hydrogens is 230 g/mol. The topological polar surface area (TPSA) is 87.3 Å². The zero-order chi connectivity index (χ0) is 12.2. The normalized spacial score (nSPS) is 10.6. The summed E-state index contributed by atoms with van der Waals surface area (Å²) in [5.74, 6) is 0. The molecule has 1 aromatic rings. The molecule has 88 valence electrons. The van der Waals surface area contributed by atoms with Crippen LogP contribution in [0.3, 0.4) is 0 Å². The van der Waals surface area contributed by atoms with E-state index in [1.54, 1.807) is 18.2 Å². The number of urea groups is 1. The minimum absolute atomic E-state index is 0.364. The fourth-order valence-electron chi connectivity index (χ4n) is 1.07. The maximum atomic E-state index is 11.0. The molecule has 0 heterocycles. The van der Waals surface area contributed by atoms with E-state index >= 15 is 0 Å². The Morgan fingerprint density at radius 3 is 2.44 bits per heavy atom. The van der Waals surface area contributed by atoms with Crippen LogP contribution in [0.4, 0.5) is 16.2 Å². The van der Waals surface area contributed by atoms with E-state index < -0.39 is 10.0 Å². The van der Waals surface area contributed by atoms with Gasteiger partial charge in [-0.25, -0.2) is 13.2 Å². The molecule has 0 aliphatic heterocycles. The van der Waals surface area contributed by atoms with Crippen LogP contribution >= 0.6 is 0 Å². The van der Waals surface area contributed by atoms with Crippen molar-refractivity contribution in [1.82, 2.24) is 5.32 Å². The van der Waals surface area contributed by atoms with Gasteiger partial charge in [0.25, 0.3) is 0 Å². The standard InChI is InChI=1S/C9H13N3O3S/c1-10-9(13)11-7-4-3-5-8(6-7)12-16(2,14)15/h3-6,12H,1-2H3,(H2,10,11,13). The van der Waals surface area contributed by atoms with Crippen LogP contribution in [0.5, 0.6) is 0 Å². The lowest BCUT2D eigenvalue weighted by Crippen LogP contribution is -2.24. The van der Waals surface area contributed by atoms with Crippen molar-refractivity contribution < 1.29 is 13.2 Å². The third-order valence-electron chi connectivity index (χ3n) is 1.65. The molecule has 0 atom stereocenters. The Kier molecular flexibility index (Phi) is 3.73. The maximum Gasteiger partial charge on any atom is 0.318 e. The number of rotatable bonds is 3. The second-order valence-electron chi connectivity index (χ2n) is 3.16. The van der Waals surface area contributed by atoms with Gasteiger partial charge in [-0.05, 0) is 18.2 Å². The predicted molar refractivity (Wildman–Crippen MR) is 63.0 cm³/mol. The van der Waals surface area contributed by atoms with Crippen molar-refractivity contribution in [2.45, 2.75) is 0 Å². The predicted octanol–water partition coefficient (Wildman–Crippen LogP) is 0.809. The lowest BCUT2D eigenvalue weighted by Gasteiger charge is -2.07. The lowest BCUT2D eigenvalue weighted by atomic mass is 10.3. The largest absolute Gasteiger partial charge is 0.341 e. The monoisotopic (exact) mass is 243 g/mol. The molecule has 6 nitrogen and oxygen atoms in total. The van der Waals surface area contributed by atoms with Crippen molar-refractivity contribution in [1.29, 1.82) is 0 Å². The highest BCUT2D eigenvalue weighted by atomic mass is 32.2. The second kappa shape index (κ2) is 4.84. The minimum atomic E-state index is -3.31. The average Bonchev–Trinajstić information content (AvgIpc) is 2.15. The van der Waals surface area contributed by atoms with Crippen LogP contribution in [0.25, 0.3) is 0 Å². The van der Waals surface area contributed by atoms with Crippen LogP contribution in [0.2, 0.25) is 0 Å². The van der Waals surface area contributed by atoms with Gasteiger partial charge in [0.05, 0.1) is 11.9 Å². The third-order valence-corrected chi connectivity index (χ3v) is 2.26. The van der Waals surface area contributed by atoms with E-state index in [-0.39, 0.29) is 6.03 Å². The van der Waals surface area contributed by atoms with Gasteiger partial charge in [0.15, 0.2) is 0 Å². The second-order valence-corrected chi connectivity index (χ2v) is 4.91. The van der Waals surface area contributed by atoms with Gasteiger partial charge in [0.2, 0.25) is 10.0 Å². The summed E-state index contributed by atoms with van der Waals surface area (Å²) >= 11 is 0. The molecule has 0 unspecified atom stereocenters. The van der Waals surface area contributed by atoms with Crippen molar-refractivity contribution in [2.75, 3.05) is 23.3 Å². The van der Waals surface area contributed by atoms with E-state index in [2.05, 4.69) is 15.4 Å². The Morgan fingerprint density at radius 1 is 1.25 bits per heavy atom. The Labute approximate surface area is 94.1 Å². The highest BCUT2D eigenvalue weighted by molar-refractivity contribution is 7.92. The number of hydrogen-bond donors (Lipinski definition) is 3. The van der Waals surface area contributed by atoms with Gasteiger partial charge >= 0.3 is 6.03 Å². The van der Waals surface area contributed by atoms with E-state index in [1.807, 2.05) is 0 Å². The highest BCUT2D eigenvalue weighted by Crippen LogP contribution is 2.15. The minimum Gasteiger partial charge on any atom is -0.341 e. The summed E-state index contributed by atoms with van der Waals surface area (Å²) in [5.41, 5.74) is 0.907. The van der Waals surface area contributed by atoms with Gasteiger partial charge in [-0.15, -0.1) is 0 Å². The lowest BCUT2D eigenvalue weighted by molar-refractivity contribution is 0.254. The van der Waals surface area contributed by atoms with E-state index in [0.717, 1.165) is 6.26 Å². The first kappa shape index (κ1) is 12.3. The summed E-state index contributed by atoms with van der Waals surface area (Å²) in [7, 11) is -1.81. The van der Waals surface area contributed by atoms with E-state index in [9.17, 15) is 13.2 Å². The van der Waals surface area contributed by atoms with Gasteiger partial charge in [0.1, 0.15) is 0 Å². The summed E-state index contributed by atoms with van der Waals surface area (Å²) in [6.45, 7) is 0. The molecule has 0 fully saturated rings. The number of benzene rings is 1. The Hall–Kier alpha value is -1.76. The van der Waals surface area contributed by atoms with E-state index in [0.29, 0.717) is 11.4 Å². The Balaban J connectivity index is 2.83. The molecule has 0 saturated heterocycles. The van der Waals surface area contributed by atoms with Gasteiger partial charge < -0.3 is 10.6 Å².